The molecule has 4 rings (SSSR count). The predicted octanol–water partition coefficient (Wildman–Crippen LogP) is 3.11. The minimum Gasteiger partial charge on any atom is -0.507 e. The molecule has 2 saturated heterocycles. The Morgan fingerprint density at radius 1 is 1.03 bits per heavy atom. The zero-order chi connectivity index (χ0) is 24.2. The van der Waals surface area contributed by atoms with Crippen LogP contribution in [-0.4, -0.2) is 80.2 Å². The maximum Gasteiger partial charge on any atom is 0.295 e. The van der Waals surface area contributed by atoms with Crippen LogP contribution in [0.4, 0.5) is 0 Å². The second kappa shape index (κ2) is 10.5. The summed E-state index contributed by atoms with van der Waals surface area (Å²) in [7, 11) is 3.00. The number of ketones is 1. The lowest BCUT2D eigenvalue weighted by Gasteiger charge is -2.31. The van der Waals surface area contributed by atoms with Gasteiger partial charge in [0.25, 0.3) is 11.7 Å². The van der Waals surface area contributed by atoms with Crippen LogP contribution in [0.3, 0.4) is 0 Å². The minimum atomic E-state index is -0.744. The largest absolute Gasteiger partial charge is 0.507 e. The Hall–Kier alpha value is -3.07. The number of aliphatic hydroxyl groups excluding tert-OH is 1. The molecule has 8 nitrogen and oxygen atoms in total. The molecular weight excluding hydrogens is 460 g/mol. The van der Waals surface area contributed by atoms with Crippen molar-refractivity contribution in [2.45, 2.75) is 6.04 Å². The van der Waals surface area contributed by atoms with Gasteiger partial charge in [-0.05, 0) is 35.9 Å². The van der Waals surface area contributed by atoms with Crippen LogP contribution < -0.4 is 9.47 Å². The Kier molecular flexibility index (Phi) is 7.41. The summed E-state index contributed by atoms with van der Waals surface area (Å²) in [4.78, 5) is 30.0. The first-order chi connectivity index (χ1) is 16.4. The van der Waals surface area contributed by atoms with Gasteiger partial charge < -0.3 is 24.2 Å². The number of ether oxygens (including phenoxy) is 3. The van der Waals surface area contributed by atoms with Crippen molar-refractivity contribution >= 4 is 29.1 Å². The quantitative estimate of drug-likeness (QED) is 0.365. The highest BCUT2D eigenvalue weighted by atomic mass is 35.5. The smallest absolute Gasteiger partial charge is 0.295 e. The summed E-state index contributed by atoms with van der Waals surface area (Å²) < 4.78 is 16.0. The molecule has 0 radical (unpaired) electrons. The fourth-order valence-corrected chi connectivity index (χ4v) is 4.44. The number of hydrogen-bond acceptors (Lipinski definition) is 7. The summed E-state index contributed by atoms with van der Waals surface area (Å²) in [6.45, 7) is 3.73. The van der Waals surface area contributed by atoms with E-state index in [0.717, 1.165) is 13.1 Å². The lowest BCUT2D eigenvalue weighted by molar-refractivity contribution is -0.140. The minimum absolute atomic E-state index is 0.0292. The summed E-state index contributed by atoms with van der Waals surface area (Å²) in [5.74, 6) is -0.757. The van der Waals surface area contributed by atoms with Crippen molar-refractivity contribution < 1.29 is 28.9 Å². The molecule has 2 aliphatic rings. The second-order valence-corrected chi connectivity index (χ2v) is 8.50. The first-order valence-electron chi connectivity index (χ1n) is 11.0. The Morgan fingerprint density at radius 2 is 1.71 bits per heavy atom. The molecule has 0 saturated carbocycles. The van der Waals surface area contributed by atoms with Gasteiger partial charge in [-0.3, -0.25) is 14.5 Å². The monoisotopic (exact) mass is 486 g/mol. The van der Waals surface area contributed by atoms with Gasteiger partial charge in [-0.1, -0.05) is 23.7 Å². The maximum atomic E-state index is 13.2. The van der Waals surface area contributed by atoms with E-state index in [-0.39, 0.29) is 11.3 Å². The van der Waals surface area contributed by atoms with E-state index in [9.17, 15) is 14.7 Å². The summed E-state index contributed by atoms with van der Waals surface area (Å²) >= 11 is 6.08. The lowest BCUT2D eigenvalue weighted by atomic mass is 9.95. The van der Waals surface area contributed by atoms with Gasteiger partial charge in [-0.15, -0.1) is 0 Å². The number of Topliss-reactive ketones (excluding diaryl/α,β-unsaturated/α-hetero) is 1. The molecule has 1 atom stereocenters. The van der Waals surface area contributed by atoms with Crippen LogP contribution in [0.5, 0.6) is 11.5 Å². The Morgan fingerprint density at radius 3 is 2.35 bits per heavy atom. The third kappa shape index (κ3) is 4.75. The number of morpholine rings is 1. The van der Waals surface area contributed by atoms with E-state index < -0.39 is 17.7 Å². The molecular formula is C25H27ClN2O6. The molecule has 2 aromatic rings. The first-order valence-corrected chi connectivity index (χ1v) is 11.4. The number of carbonyl (C=O) groups is 2. The van der Waals surface area contributed by atoms with Crippen molar-refractivity contribution in [3.8, 4) is 11.5 Å². The van der Waals surface area contributed by atoms with E-state index in [1.54, 1.807) is 42.5 Å². The lowest BCUT2D eigenvalue weighted by Crippen LogP contribution is -2.42. The van der Waals surface area contributed by atoms with Crippen molar-refractivity contribution in [1.82, 2.24) is 9.80 Å². The molecule has 0 spiro atoms. The van der Waals surface area contributed by atoms with Crippen LogP contribution in [0.1, 0.15) is 17.2 Å². The number of carbonyl (C=O) groups excluding carboxylic acids is 2. The second-order valence-electron chi connectivity index (χ2n) is 8.07. The molecule has 9 heteroatoms. The fraction of sp³-hybridized carbons (Fsp3) is 0.360. The summed E-state index contributed by atoms with van der Waals surface area (Å²) in [6, 6.07) is 11.0. The number of amides is 1. The van der Waals surface area contributed by atoms with Crippen LogP contribution in [0.25, 0.3) is 5.76 Å². The zero-order valence-electron chi connectivity index (χ0n) is 19.1. The van der Waals surface area contributed by atoms with Gasteiger partial charge in [0.05, 0.1) is 39.0 Å². The molecule has 2 aliphatic heterocycles. The summed E-state index contributed by atoms with van der Waals surface area (Å²) in [5, 5.41) is 11.8. The predicted molar refractivity (Wildman–Crippen MR) is 127 cm³/mol. The highest BCUT2D eigenvalue weighted by Gasteiger charge is 2.46. The van der Waals surface area contributed by atoms with Gasteiger partial charge in [0.15, 0.2) is 11.5 Å². The number of methoxy groups -OCH3 is 2. The van der Waals surface area contributed by atoms with Gasteiger partial charge in [0, 0.05) is 36.8 Å². The fourth-order valence-electron chi connectivity index (χ4n) is 4.32. The Bertz CT molecular complexity index is 1100. The highest BCUT2D eigenvalue weighted by Crippen LogP contribution is 2.40. The number of aliphatic hydroxyl groups is 1. The molecule has 34 heavy (non-hydrogen) atoms. The van der Waals surface area contributed by atoms with Gasteiger partial charge in [0.2, 0.25) is 0 Å². The van der Waals surface area contributed by atoms with Gasteiger partial charge in [-0.2, -0.15) is 0 Å². The van der Waals surface area contributed by atoms with Crippen LogP contribution in [0.2, 0.25) is 5.02 Å². The zero-order valence-corrected chi connectivity index (χ0v) is 19.9. The molecule has 0 aromatic heterocycles. The van der Waals surface area contributed by atoms with E-state index in [2.05, 4.69) is 4.90 Å². The maximum absolute atomic E-state index is 13.2. The van der Waals surface area contributed by atoms with Crippen molar-refractivity contribution in [3.63, 3.8) is 0 Å². The highest BCUT2D eigenvalue weighted by molar-refractivity contribution is 6.46. The number of halogens is 1. The molecule has 2 fully saturated rings. The van der Waals surface area contributed by atoms with E-state index in [0.29, 0.717) is 54.0 Å². The van der Waals surface area contributed by atoms with Gasteiger partial charge >= 0.3 is 0 Å². The molecule has 2 aromatic carbocycles. The molecule has 1 amide bonds. The molecule has 1 N–H and O–H groups in total. The number of hydrogen-bond donors (Lipinski definition) is 1. The van der Waals surface area contributed by atoms with Crippen molar-refractivity contribution in [2.75, 3.05) is 53.6 Å². The van der Waals surface area contributed by atoms with Gasteiger partial charge in [-0.25, -0.2) is 0 Å². The van der Waals surface area contributed by atoms with Crippen LogP contribution >= 0.6 is 11.6 Å². The Balaban J connectivity index is 1.75. The van der Waals surface area contributed by atoms with E-state index >= 15 is 0 Å². The average molecular weight is 487 g/mol. The SMILES string of the molecule is COc1ccc(/C(O)=C2\C(=O)C(=O)N(CCN3CCOCC3)[C@H]2c2ccc(Cl)cc2)cc1OC. The molecule has 2 heterocycles. The number of likely N-dealkylation sites (tertiary alicyclic amines) is 1. The topological polar surface area (TPSA) is 88.5 Å². The summed E-state index contributed by atoms with van der Waals surface area (Å²) in [5.41, 5.74) is 1.07. The van der Waals surface area contributed by atoms with E-state index in [4.69, 9.17) is 25.8 Å². The van der Waals surface area contributed by atoms with Crippen molar-refractivity contribution in [3.05, 3.63) is 64.2 Å². The molecule has 0 aliphatic carbocycles. The van der Waals surface area contributed by atoms with E-state index in [1.807, 2.05) is 0 Å². The number of rotatable bonds is 7. The average Bonchev–Trinajstić information content (AvgIpc) is 3.12. The normalized spacial score (nSPS) is 20.6. The summed E-state index contributed by atoms with van der Waals surface area (Å²) in [6.07, 6.45) is 0. The van der Waals surface area contributed by atoms with Crippen LogP contribution in [0.15, 0.2) is 48.0 Å². The van der Waals surface area contributed by atoms with Crippen molar-refractivity contribution in [2.24, 2.45) is 0 Å². The number of nitrogens with zero attached hydrogens (tertiary/aromatic N) is 2. The first kappa shape index (κ1) is 24.1. The molecule has 0 unspecified atom stereocenters. The molecule has 0 bridgehead atoms. The third-order valence-corrected chi connectivity index (χ3v) is 6.40. The van der Waals surface area contributed by atoms with Crippen molar-refractivity contribution in [1.29, 1.82) is 0 Å². The van der Waals surface area contributed by atoms with E-state index in [1.165, 1.54) is 19.1 Å². The number of benzene rings is 2. The Labute approximate surface area is 203 Å². The molecule has 180 valence electrons. The third-order valence-electron chi connectivity index (χ3n) is 6.14. The van der Waals surface area contributed by atoms with Crippen LogP contribution in [0, 0.1) is 0 Å². The van der Waals surface area contributed by atoms with Gasteiger partial charge in [0.1, 0.15) is 5.76 Å². The van der Waals surface area contributed by atoms with Crippen LogP contribution in [-0.2, 0) is 14.3 Å². The standard InChI is InChI=1S/C25H27ClN2O6/c1-32-19-8-5-17(15-20(19)33-2)23(29)21-22(16-3-6-18(26)7-4-16)28(25(31)24(21)30)10-9-27-11-13-34-14-12-27/h3-8,15,22,29H,9-14H2,1-2H3/b23-21+/t22-/m0/s1.